The van der Waals surface area contributed by atoms with Gasteiger partial charge in [-0.2, -0.15) is 0 Å². The standard InChI is InChI=1S/C14H19N3O2/c1-15-13-9-10(5-6-16-13)14(18)17-7-8-19-12-4-2-3-11(12)17/h5-6,9,11-12H,2-4,7-8H2,1H3,(H,15,16). The maximum Gasteiger partial charge on any atom is 0.254 e. The van der Waals surface area contributed by atoms with Crippen molar-refractivity contribution >= 4 is 11.7 Å². The van der Waals surface area contributed by atoms with Crippen LogP contribution in [0.25, 0.3) is 0 Å². The van der Waals surface area contributed by atoms with Gasteiger partial charge in [0, 0.05) is 25.4 Å². The van der Waals surface area contributed by atoms with Gasteiger partial charge in [-0.3, -0.25) is 4.79 Å². The summed E-state index contributed by atoms with van der Waals surface area (Å²) in [6.07, 6.45) is 5.19. The molecule has 5 nitrogen and oxygen atoms in total. The van der Waals surface area contributed by atoms with E-state index in [1.807, 2.05) is 11.0 Å². The summed E-state index contributed by atoms with van der Waals surface area (Å²) in [6, 6.07) is 3.84. The molecule has 0 radical (unpaired) electrons. The lowest BCUT2D eigenvalue weighted by atomic mass is 10.1. The predicted octanol–water partition coefficient (Wildman–Crippen LogP) is 1.52. The minimum Gasteiger partial charge on any atom is -0.374 e. The number of carbonyl (C=O) groups is 1. The normalized spacial score (nSPS) is 26.1. The fourth-order valence-electron chi connectivity index (χ4n) is 3.04. The molecule has 1 aliphatic carbocycles. The minimum absolute atomic E-state index is 0.0964. The molecule has 0 bridgehead atoms. The summed E-state index contributed by atoms with van der Waals surface area (Å²) in [5.41, 5.74) is 0.701. The van der Waals surface area contributed by atoms with E-state index in [0.717, 1.165) is 25.1 Å². The van der Waals surface area contributed by atoms with E-state index in [1.165, 1.54) is 0 Å². The van der Waals surface area contributed by atoms with E-state index < -0.39 is 0 Å². The highest BCUT2D eigenvalue weighted by molar-refractivity contribution is 5.95. The zero-order chi connectivity index (χ0) is 13.2. The first-order chi connectivity index (χ1) is 9.29. The molecule has 0 spiro atoms. The topological polar surface area (TPSA) is 54.5 Å². The number of ether oxygens (including phenoxy) is 1. The van der Waals surface area contributed by atoms with Gasteiger partial charge in [0.15, 0.2) is 0 Å². The molecule has 1 amide bonds. The van der Waals surface area contributed by atoms with Crippen molar-refractivity contribution in [3.8, 4) is 0 Å². The van der Waals surface area contributed by atoms with Gasteiger partial charge in [0.25, 0.3) is 5.91 Å². The van der Waals surface area contributed by atoms with Crippen molar-refractivity contribution in [3.05, 3.63) is 23.9 Å². The summed E-state index contributed by atoms with van der Waals surface area (Å²) in [5.74, 6) is 0.821. The Kier molecular flexibility index (Phi) is 3.38. The molecule has 2 atom stereocenters. The van der Waals surface area contributed by atoms with Gasteiger partial charge >= 0.3 is 0 Å². The SMILES string of the molecule is CNc1cc(C(=O)N2CCOC3CCCC32)ccn1. The van der Waals surface area contributed by atoms with Crippen molar-refractivity contribution in [1.29, 1.82) is 0 Å². The van der Waals surface area contributed by atoms with Gasteiger partial charge in [0.05, 0.1) is 18.8 Å². The molecule has 2 heterocycles. The number of hydrogen-bond donors (Lipinski definition) is 1. The van der Waals surface area contributed by atoms with E-state index in [0.29, 0.717) is 18.7 Å². The average molecular weight is 261 g/mol. The van der Waals surface area contributed by atoms with Crippen LogP contribution in [0.1, 0.15) is 29.6 Å². The molecule has 5 heteroatoms. The van der Waals surface area contributed by atoms with E-state index in [2.05, 4.69) is 10.3 Å². The van der Waals surface area contributed by atoms with E-state index in [4.69, 9.17) is 4.74 Å². The number of nitrogens with zero attached hydrogens (tertiary/aromatic N) is 2. The van der Waals surface area contributed by atoms with Crippen molar-refractivity contribution in [2.45, 2.75) is 31.4 Å². The number of nitrogens with one attached hydrogen (secondary N) is 1. The Morgan fingerprint density at radius 2 is 2.42 bits per heavy atom. The number of aromatic nitrogens is 1. The number of pyridine rings is 1. The van der Waals surface area contributed by atoms with Crippen LogP contribution >= 0.6 is 0 Å². The molecule has 2 aliphatic rings. The third kappa shape index (κ3) is 2.30. The van der Waals surface area contributed by atoms with E-state index in [-0.39, 0.29) is 18.1 Å². The summed E-state index contributed by atoms with van der Waals surface area (Å²) in [7, 11) is 1.80. The Labute approximate surface area is 113 Å². The van der Waals surface area contributed by atoms with Crippen LogP contribution < -0.4 is 5.32 Å². The number of amides is 1. The largest absolute Gasteiger partial charge is 0.374 e. The third-order valence-corrected chi connectivity index (χ3v) is 4.01. The van der Waals surface area contributed by atoms with Crippen molar-refractivity contribution in [3.63, 3.8) is 0 Å². The lowest BCUT2D eigenvalue weighted by Crippen LogP contribution is -2.51. The highest BCUT2D eigenvalue weighted by Crippen LogP contribution is 2.30. The Morgan fingerprint density at radius 1 is 1.53 bits per heavy atom. The maximum atomic E-state index is 12.6. The summed E-state index contributed by atoms with van der Waals surface area (Å²) in [6.45, 7) is 1.34. The molecule has 0 aromatic carbocycles. The highest BCUT2D eigenvalue weighted by Gasteiger charge is 2.38. The Hall–Kier alpha value is -1.62. The van der Waals surface area contributed by atoms with Gasteiger partial charge in [0.1, 0.15) is 5.82 Å². The van der Waals surface area contributed by atoms with Crippen LogP contribution in [0.3, 0.4) is 0 Å². The molecule has 19 heavy (non-hydrogen) atoms. The molecule has 1 saturated carbocycles. The number of morpholine rings is 1. The Balaban J connectivity index is 1.82. The quantitative estimate of drug-likeness (QED) is 0.877. The highest BCUT2D eigenvalue weighted by atomic mass is 16.5. The Morgan fingerprint density at radius 3 is 3.26 bits per heavy atom. The van der Waals surface area contributed by atoms with Crippen molar-refractivity contribution < 1.29 is 9.53 Å². The second-order valence-electron chi connectivity index (χ2n) is 5.09. The molecule has 3 rings (SSSR count). The smallest absolute Gasteiger partial charge is 0.254 e. The first-order valence-electron chi connectivity index (χ1n) is 6.86. The van der Waals surface area contributed by atoms with Crippen LogP contribution in [0.5, 0.6) is 0 Å². The first kappa shape index (κ1) is 12.4. The molecular formula is C14H19N3O2. The summed E-state index contributed by atoms with van der Waals surface area (Å²) in [5, 5.41) is 2.96. The van der Waals surface area contributed by atoms with Crippen LogP contribution in [0.15, 0.2) is 18.3 Å². The molecule has 1 aromatic heterocycles. The number of carbonyl (C=O) groups excluding carboxylic acids is 1. The number of fused-ring (bicyclic) bond motifs is 1. The number of rotatable bonds is 2. The number of anilines is 1. The van der Waals surface area contributed by atoms with Gasteiger partial charge < -0.3 is 15.0 Å². The van der Waals surface area contributed by atoms with Crippen LogP contribution in [0, 0.1) is 0 Å². The van der Waals surface area contributed by atoms with Crippen molar-refractivity contribution in [1.82, 2.24) is 9.88 Å². The fraction of sp³-hybridized carbons (Fsp3) is 0.571. The molecule has 2 fully saturated rings. The predicted molar refractivity (Wildman–Crippen MR) is 72.2 cm³/mol. The monoisotopic (exact) mass is 261 g/mol. The average Bonchev–Trinajstić information content (AvgIpc) is 2.95. The summed E-state index contributed by atoms with van der Waals surface area (Å²) in [4.78, 5) is 18.8. The van der Waals surface area contributed by atoms with Gasteiger partial charge in [-0.15, -0.1) is 0 Å². The lowest BCUT2D eigenvalue weighted by molar-refractivity contribution is -0.0445. The molecule has 1 saturated heterocycles. The zero-order valence-electron chi connectivity index (χ0n) is 11.1. The van der Waals surface area contributed by atoms with Crippen LogP contribution in [-0.4, -0.2) is 48.1 Å². The van der Waals surface area contributed by atoms with Gasteiger partial charge in [-0.1, -0.05) is 0 Å². The first-order valence-corrected chi connectivity index (χ1v) is 6.86. The molecule has 2 unspecified atom stereocenters. The van der Waals surface area contributed by atoms with Crippen LogP contribution in [0.2, 0.25) is 0 Å². The number of hydrogen-bond acceptors (Lipinski definition) is 4. The molecule has 1 aromatic rings. The van der Waals surface area contributed by atoms with Crippen LogP contribution in [-0.2, 0) is 4.74 Å². The fourth-order valence-corrected chi connectivity index (χ4v) is 3.04. The molecule has 1 N–H and O–H groups in total. The van der Waals surface area contributed by atoms with E-state index in [1.54, 1.807) is 19.3 Å². The van der Waals surface area contributed by atoms with Crippen molar-refractivity contribution in [2.75, 3.05) is 25.5 Å². The molecular weight excluding hydrogens is 242 g/mol. The van der Waals surface area contributed by atoms with E-state index in [9.17, 15) is 4.79 Å². The lowest BCUT2D eigenvalue weighted by Gasteiger charge is -2.37. The third-order valence-electron chi connectivity index (χ3n) is 4.01. The second kappa shape index (κ2) is 5.17. The molecule has 1 aliphatic heterocycles. The van der Waals surface area contributed by atoms with Crippen molar-refractivity contribution in [2.24, 2.45) is 0 Å². The maximum absolute atomic E-state index is 12.6. The summed E-state index contributed by atoms with van der Waals surface area (Å²) >= 11 is 0. The van der Waals surface area contributed by atoms with Gasteiger partial charge in [-0.25, -0.2) is 4.98 Å². The van der Waals surface area contributed by atoms with Gasteiger partial charge in [-0.05, 0) is 31.4 Å². The van der Waals surface area contributed by atoms with Crippen LogP contribution in [0.4, 0.5) is 5.82 Å². The van der Waals surface area contributed by atoms with E-state index >= 15 is 0 Å². The minimum atomic E-state index is 0.0964. The second-order valence-corrected chi connectivity index (χ2v) is 5.09. The summed E-state index contributed by atoms with van der Waals surface area (Å²) < 4.78 is 5.74. The van der Waals surface area contributed by atoms with Gasteiger partial charge in [0.2, 0.25) is 0 Å². The molecule has 102 valence electrons. The zero-order valence-corrected chi connectivity index (χ0v) is 11.1. The Bertz CT molecular complexity index is 478.